The van der Waals surface area contributed by atoms with E-state index in [-0.39, 0.29) is 32.8 Å². The monoisotopic (exact) mass is 591 g/mol. The third kappa shape index (κ3) is 5.47. The third-order valence-corrected chi connectivity index (χ3v) is 8.92. The van der Waals surface area contributed by atoms with E-state index in [4.69, 9.17) is 16.3 Å². The molecule has 1 aromatic carbocycles. The molecule has 0 radical (unpaired) electrons. The first-order chi connectivity index (χ1) is 17.8. The number of fused-ring (bicyclic) bond motifs is 1. The van der Waals surface area contributed by atoms with Crippen LogP contribution in [0.15, 0.2) is 29.3 Å². The number of sulfonamides is 1. The number of aryl methyl sites for hydroxylation is 1. The number of nitriles is 1. The van der Waals surface area contributed by atoms with Gasteiger partial charge in [0.15, 0.2) is 5.15 Å². The van der Waals surface area contributed by atoms with Crippen molar-refractivity contribution >= 4 is 39.1 Å². The summed E-state index contributed by atoms with van der Waals surface area (Å²) in [6.45, 7) is 8.28. The highest BCUT2D eigenvalue weighted by atomic mass is 35.5. The normalized spacial score (nSPS) is 18.2. The van der Waals surface area contributed by atoms with Crippen LogP contribution in [0.25, 0.3) is 0 Å². The largest absolute Gasteiger partial charge is 0.486 e. The first-order valence-electron chi connectivity index (χ1n) is 11.9. The first-order valence-corrected chi connectivity index (χ1v) is 13.7. The van der Waals surface area contributed by atoms with Crippen LogP contribution in [0.5, 0.6) is 5.75 Å². The molecule has 3 rings (SSSR count). The van der Waals surface area contributed by atoms with E-state index in [1.165, 1.54) is 23.9 Å². The molecule has 214 valence electrons. The zero-order valence-electron chi connectivity index (χ0n) is 22.1. The van der Waals surface area contributed by atoms with Crippen molar-refractivity contribution in [2.45, 2.75) is 83.3 Å². The van der Waals surface area contributed by atoms with Crippen molar-refractivity contribution in [3.63, 3.8) is 0 Å². The molecule has 0 aliphatic carbocycles. The van der Waals surface area contributed by atoms with Crippen molar-refractivity contribution in [1.29, 1.82) is 5.26 Å². The fourth-order valence-corrected chi connectivity index (χ4v) is 6.41. The van der Waals surface area contributed by atoms with Crippen LogP contribution in [0.1, 0.15) is 48.0 Å². The standard InChI is InChI=1S/C24H29ClF3N5O5S/c1-7-31-12-19(20(25)30-31)39(36,37)33-14(2)18(11-22(3,4)13-29)38-17-9-8-15(10-16(17)33)32(21(34)35)23(5,6)24(26,27)28/h8-10,12,14,18H,7,11H2,1-6H3,(H,34,35). The topological polar surface area (TPSA) is 129 Å². The predicted molar refractivity (Wildman–Crippen MR) is 138 cm³/mol. The second-order valence-corrected chi connectivity index (χ2v) is 12.5. The number of rotatable bonds is 7. The molecule has 0 fully saturated rings. The lowest BCUT2D eigenvalue weighted by Gasteiger charge is -2.43. The number of carbonyl (C=O) groups is 1. The Morgan fingerprint density at radius 2 is 1.90 bits per heavy atom. The molecule has 0 saturated carbocycles. The van der Waals surface area contributed by atoms with Crippen LogP contribution < -0.4 is 13.9 Å². The quantitative estimate of drug-likeness (QED) is 0.439. The van der Waals surface area contributed by atoms with E-state index >= 15 is 0 Å². The van der Waals surface area contributed by atoms with Crippen LogP contribution in [0.2, 0.25) is 5.15 Å². The molecule has 39 heavy (non-hydrogen) atoms. The number of hydrogen-bond donors (Lipinski definition) is 1. The number of alkyl halides is 3. The third-order valence-electron chi connectivity index (χ3n) is 6.63. The van der Waals surface area contributed by atoms with Gasteiger partial charge in [0.1, 0.15) is 22.3 Å². The van der Waals surface area contributed by atoms with Crippen molar-refractivity contribution in [2.24, 2.45) is 5.41 Å². The van der Waals surface area contributed by atoms with Gasteiger partial charge in [-0.3, -0.25) is 13.9 Å². The van der Waals surface area contributed by atoms with Crippen molar-refractivity contribution < 1.29 is 36.2 Å². The molecule has 2 aromatic rings. The summed E-state index contributed by atoms with van der Waals surface area (Å²) in [4.78, 5) is 11.8. The van der Waals surface area contributed by atoms with Crippen LogP contribution >= 0.6 is 11.6 Å². The molecule has 1 aromatic heterocycles. The number of ether oxygens (including phenoxy) is 1. The molecule has 15 heteroatoms. The molecular weight excluding hydrogens is 563 g/mol. The van der Waals surface area contributed by atoms with Crippen molar-refractivity contribution in [3.8, 4) is 11.8 Å². The number of aromatic nitrogens is 2. The summed E-state index contributed by atoms with van der Waals surface area (Å²) in [6, 6.07) is 4.52. The van der Waals surface area contributed by atoms with Gasteiger partial charge >= 0.3 is 12.3 Å². The maximum Gasteiger partial charge on any atom is 0.412 e. The first kappa shape index (κ1) is 30.4. The Balaban J connectivity index is 2.28. The molecular formula is C24H29ClF3N5O5S. The molecule has 2 unspecified atom stereocenters. The number of nitrogens with zero attached hydrogens (tertiary/aromatic N) is 5. The van der Waals surface area contributed by atoms with Crippen LogP contribution in [0.4, 0.5) is 29.3 Å². The smallest absolute Gasteiger partial charge is 0.412 e. The summed E-state index contributed by atoms with van der Waals surface area (Å²) in [6.07, 6.45) is -6.34. The lowest BCUT2D eigenvalue weighted by atomic mass is 9.86. The van der Waals surface area contributed by atoms with E-state index in [0.717, 1.165) is 16.4 Å². The van der Waals surface area contributed by atoms with Gasteiger partial charge in [0.2, 0.25) is 0 Å². The Bertz CT molecular complexity index is 1420. The molecule has 1 amide bonds. The average molecular weight is 592 g/mol. The summed E-state index contributed by atoms with van der Waals surface area (Å²) >= 11 is 6.18. The summed E-state index contributed by atoms with van der Waals surface area (Å²) in [5, 5.41) is 23.0. The molecule has 1 aliphatic rings. The Kier molecular flexibility index (Phi) is 7.86. The van der Waals surface area contributed by atoms with Crippen LogP contribution in [0, 0.1) is 16.7 Å². The molecule has 0 saturated heterocycles. The number of anilines is 2. The number of halogens is 4. The van der Waals surface area contributed by atoms with E-state index in [0.29, 0.717) is 20.4 Å². The van der Waals surface area contributed by atoms with Gasteiger partial charge in [-0.1, -0.05) is 11.6 Å². The van der Waals surface area contributed by atoms with Crippen LogP contribution in [-0.2, 0) is 16.6 Å². The second-order valence-electron chi connectivity index (χ2n) is 10.4. The van der Waals surface area contributed by atoms with E-state index in [1.54, 1.807) is 20.8 Å². The van der Waals surface area contributed by atoms with Gasteiger partial charge in [0.25, 0.3) is 10.0 Å². The van der Waals surface area contributed by atoms with Crippen molar-refractivity contribution in [3.05, 3.63) is 29.5 Å². The van der Waals surface area contributed by atoms with E-state index in [2.05, 4.69) is 11.2 Å². The summed E-state index contributed by atoms with van der Waals surface area (Å²) in [5.74, 6) is -0.0201. The fourth-order valence-electron chi connectivity index (χ4n) is 4.28. The summed E-state index contributed by atoms with van der Waals surface area (Å²) in [5.41, 5.74) is -4.38. The van der Waals surface area contributed by atoms with Gasteiger partial charge in [0.05, 0.1) is 28.9 Å². The highest BCUT2D eigenvalue weighted by Crippen LogP contribution is 2.46. The second kappa shape index (κ2) is 10.1. The van der Waals surface area contributed by atoms with Gasteiger partial charge in [-0.15, -0.1) is 0 Å². The van der Waals surface area contributed by atoms with E-state index < -0.39 is 51.1 Å². The average Bonchev–Trinajstić information content (AvgIpc) is 3.20. The maximum absolute atomic E-state index is 14.0. The molecule has 0 bridgehead atoms. The minimum atomic E-state index is -4.95. The Labute approximate surface area is 229 Å². The van der Waals surface area contributed by atoms with Gasteiger partial charge in [0, 0.05) is 19.2 Å². The minimum absolute atomic E-state index is 0.0201. The number of hydrogen-bond acceptors (Lipinski definition) is 6. The van der Waals surface area contributed by atoms with Crippen molar-refractivity contribution in [2.75, 3.05) is 9.21 Å². The predicted octanol–water partition coefficient (Wildman–Crippen LogP) is 5.67. The molecule has 0 spiro atoms. The molecule has 10 nitrogen and oxygen atoms in total. The van der Waals surface area contributed by atoms with Gasteiger partial charge in [-0.25, -0.2) is 13.2 Å². The van der Waals surface area contributed by atoms with E-state index in [1.807, 2.05) is 0 Å². The maximum atomic E-state index is 14.0. The Morgan fingerprint density at radius 3 is 2.38 bits per heavy atom. The molecule has 1 N–H and O–H groups in total. The molecule has 2 heterocycles. The number of carboxylic acid groups (broad SMARTS) is 1. The zero-order valence-corrected chi connectivity index (χ0v) is 23.7. The Morgan fingerprint density at radius 1 is 1.28 bits per heavy atom. The van der Waals surface area contributed by atoms with Crippen LogP contribution in [0.3, 0.4) is 0 Å². The lowest BCUT2D eigenvalue weighted by Crippen LogP contribution is -2.57. The van der Waals surface area contributed by atoms with E-state index in [9.17, 15) is 36.8 Å². The highest BCUT2D eigenvalue weighted by molar-refractivity contribution is 7.93. The summed E-state index contributed by atoms with van der Waals surface area (Å²) in [7, 11) is -4.50. The van der Waals surface area contributed by atoms with Gasteiger partial charge in [-0.05, 0) is 59.7 Å². The van der Waals surface area contributed by atoms with Crippen LogP contribution in [-0.4, -0.2) is 53.3 Å². The Hall–Kier alpha value is -3.18. The summed E-state index contributed by atoms with van der Waals surface area (Å²) < 4.78 is 77.9. The SMILES string of the molecule is CCn1cc(S(=O)(=O)N2c3cc(N(C(=O)O)C(C)(C)C(F)(F)F)ccc3OC(CC(C)(C)C#N)C2C)c(Cl)n1. The highest BCUT2D eigenvalue weighted by Gasteiger charge is 2.54. The number of amides is 1. The van der Waals surface area contributed by atoms with Gasteiger partial charge in [-0.2, -0.15) is 23.5 Å². The molecule has 2 atom stereocenters. The minimum Gasteiger partial charge on any atom is -0.486 e. The van der Waals surface area contributed by atoms with Crippen molar-refractivity contribution in [1.82, 2.24) is 9.78 Å². The van der Waals surface area contributed by atoms with Gasteiger partial charge < -0.3 is 9.84 Å². The lowest BCUT2D eigenvalue weighted by molar-refractivity contribution is -0.175. The molecule has 1 aliphatic heterocycles. The zero-order chi connectivity index (χ0) is 29.7. The number of benzene rings is 1. The fraction of sp³-hybridized carbons (Fsp3) is 0.542.